The highest BCUT2D eigenvalue weighted by Crippen LogP contribution is 2.35. The molecule has 2 heterocycles. The summed E-state index contributed by atoms with van der Waals surface area (Å²) < 4.78 is 38.8. The van der Waals surface area contributed by atoms with E-state index >= 15 is 0 Å². The number of aryl methyl sites for hydroxylation is 1. The van der Waals surface area contributed by atoms with Gasteiger partial charge in [0.25, 0.3) is 0 Å². The summed E-state index contributed by atoms with van der Waals surface area (Å²) in [4.78, 5) is 9.24. The monoisotopic (exact) mass is 467 g/mol. The van der Waals surface area contributed by atoms with Crippen LogP contribution in [0.2, 0.25) is 0 Å². The maximum Gasteiger partial charge on any atom is 0.416 e. The van der Waals surface area contributed by atoms with Gasteiger partial charge in [0.05, 0.1) is 10.4 Å². The van der Waals surface area contributed by atoms with E-state index in [-0.39, 0.29) is 11.6 Å². The molecule has 5 nitrogen and oxygen atoms in total. The van der Waals surface area contributed by atoms with Crippen LogP contribution in [-0.2, 0) is 12.6 Å². The zero-order chi connectivity index (χ0) is 23.6. The molecule has 4 aromatic rings. The Bertz CT molecular complexity index is 1340. The second kappa shape index (κ2) is 9.17. The molecule has 0 fully saturated rings. The fraction of sp³-hybridized carbons (Fsp3) is 0.208. The average molecular weight is 468 g/mol. The van der Waals surface area contributed by atoms with Gasteiger partial charge >= 0.3 is 6.18 Å². The van der Waals surface area contributed by atoms with Crippen molar-refractivity contribution in [3.05, 3.63) is 77.2 Å². The second-order valence-corrected chi connectivity index (χ2v) is 8.74. The van der Waals surface area contributed by atoms with Crippen LogP contribution < -0.4 is 11.1 Å². The van der Waals surface area contributed by atoms with Crippen molar-refractivity contribution in [1.82, 2.24) is 9.97 Å². The molecule has 0 aliphatic heterocycles. The molecule has 0 saturated carbocycles. The van der Waals surface area contributed by atoms with Gasteiger partial charge < -0.3 is 11.1 Å². The number of aromatic nitrogens is 2. The number of alkyl halides is 3. The van der Waals surface area contributed by atoms with E-state index in [4.69, 9.17) is 5.73 Å². The molecule has 9 heteroatoms. The number of fused-ring (bicyclic) bond motifs is 1. The van der Waals surface area contributed by atoms with Crippen LogP contribution in [0.1, 0.15) is 22.4 Å². The molecule has 0 aliphatic carbocycles. The Hall–Kier alpha value is -3.48. The first kappa shape index (κ1) is 22.7. The van der Waals surface area contributed by atoms with Gasteiger partial charge in [0, 0.05) is 30.4 Å². The van der Waals surface area contributed by atoms with Crippen LogP contribution in [-0.4, -0.2) is 22.6 Å². The minimum absolute atomic E-state index is 0.176. The summed E-state index contributed by atoms with van der Waals surface area (Å²) in [5.74, 6) is 0. The van der Waals surface area contributed by atoms with Crippen molar-refractivity contribution >= 4 is 27.2 Å². The molecule has 0 bridgehead atoms. The quantitative estimate of drug-likeness (QED) is 0.389. The molecule has 3 N–H and O–H groups in total. The zero-order valence-corrected chi connectivity index (χ0v) is 18.5. The fourth-order valence-corrected chi connectivity index (χ4v) is 4.57. The number of nitrogens with two attached hydrogens (primary N) is 1. The number of thiazole rings is 1. The smallest absolute Gasteiger partial charge is 0.360 e. The van der Waals surface area contributed by atoms with Crippen LogP contribution in [0.4, 0.5) is 18.3 Å². The molecular weight excluding hydrogens is 447 g/mol. The highest BCUT2D eigenvalue weighted by atomic mass is 32.1. The average Bonchev–Trinajstić information content (AvgIpc) is 3.20. The Kier molecular flexibility index (Phi) is 6.31. The largest absolute Gasteiger partial charge is 0.416 e. The van der Waals surface area contributed by atoms with Crippen molar-refractivity contribution in [2.45, 2.75) is 25.6 Å². The third-order valence-corrected chi connectivity index (χ3v) is 6.31. The molecule has 2 aromatic heterocycles. The maximum atomic E-state index is 12.9. The number of halogens is 3. The molecule has 4 rings (SSSR count). The van der Waals surface area contributed by atoms with Gasteiger partial charge in [-0.05, 0) is 53.6 Å². The number of nitriles is 1. The van der Waals surface area contributed by atoms with E-state index in [2.05, 4.69) is 21.4 Å². The van der Waals surface area contributed by atoms with E-state index < -0.39 is 11.7 Å². The number of hydrogen-bond acceptors (Lipinski definition) is 6. The van der Waals surface area contributed by atoms with E-state index in [0.29, 0.717) is 23.8 Å². The highest BCUT2D eigenvalue weighted by Gasteiger charge is 2.32. The summed E-state index contributed by atoms with van der Waals surface area (Å²) in [5.41, 5.74) is 7.68. The minimum atomic E-state index is -4.37. The van der Waals surface area contributed by atoms with Crippen LogP contribution in [0.5, 0.6) is 0 Å². The van der Waals surface area contributed by atoms with Gasteiger partial charge in [0.2, 0.25) is 0 Å². The maximum absolute atomic E-state index is 12.9. The molecule has 2 aromatic carbocycles. The summed E-state index contributed by atoms with van der Waals surface area (Å²) in [6.45, 7) is 1.81. The molecule has 1 atom stereocenters. The molecule has 0 spiro atoms. The number of nitrogens with one attached hydrogen (secondary N) is 1. The standard InChI is InChI=1S/C24H20F3N5S/c1-14-8-15(2-5-20(14)24(25,26)27)9-19(29)13-31-23-32-21(11-28)22(33-23)17-3-4-18-12-30-7-6-16(18)10-17/h2-8,10,12,19H,9,13,29H2,1H3,(H,31,32)/t19-/m0/s1. The van der Waals surface area contributed by atoms with Crippen LogP contribution in [0.3, 0.4) is 0 Å². The van der Waals surface area contributed by atoms with Crippen LogP contribution in [0.25, 0.3) is 21.2 Å². The number of anilines is 1. The van der Waals surface area contributed by atoms with Crippen LogP contribution >= 0.6 is 11.3 Å². The van der Waals surface area contributed by atoms with Gasteiger partial charge in [0.15, 0.2) is 10.8 Å². The number of rotatable bonds is 6. The zero-order valence-electron chi connectivity index (χ0n) is 17.6. The third kappa shape index (κ3) is 5.13. The van der Waals surface area contributed by atoms with Crippen molar-refractivity contribution in [3.63, 3.8) is 0 Å². The van der Waals surface area contributed by atoms with Crippen molar-refractivity contribution in [2.75, 3.05) is 11.9 Å². The molecule has 0 radical (unpaired) electrons. The summed E-state index contributed by atoms with van der Waals surface area (Å²) in [5, 5.41) is 15.3. The number of hydrogen-bond donors (Lipinski definition) is 2. The van der Waals surface area contributed by atoms with Crippen molar-refractivity contribution < 1.29 is 13.2 Å². The summed E-state index contributed by atoms with van der Waals surface area (Å²) >= 11 is 1.36. The molecule has 0 aliphatic rings. The summed E-state index contributed by atoms with van der Waals surface area (Å²) in [6, 6.07) is 13.7. The second-order valence-electron chi connectivity index (χ2n) is 7.74. The van der Waals surface area contributed by atoms with Gasteiger partial charge in [-0.2, -0.15) is 18.4 Å². The first-order valence-electron chi connectivity index (χ1n) is 10.2. The SMILES string of the molecule is Cc1cc(C[C@H](N)CNc2nc(C#N)c(-c3ccc4cnccc4c3)s2)ccc1C(F)(F)F. The Balaban J connectivity index is 1.45. The highest BCUT2D eigenvalue weighted by molar-refractivity contribution is 7.19. The van der Waals surface area contributed by atoms with Crippen molar-refractivity contribution in [3.8, 4) is 16.5 Å². The lowest BCUT2D eigenvalue weighted by Gasteiger charge is -2.15. The lowest BCUT2D eigenvalue weighted by Crippen LogP contribution is -2.31. The van der Waals surface area contributed by atoms with Crippen LogP contribution in [0.15, 0.2) is 54.9 Å². The molecule has 0 amide bonds. The first-order valence-corrected chi connectivity index (χ1v) is 11.0. The Labute approximate surface area is 192 Å². The molecule has 0 unspecified atom stereocenters. The number of nitrogens with zero attached hydrogens (tertiary/aromatic N) is 3. The third-order valence-electron chi connectivity index (χ3n) is 5.25. The van der Waals surface area contributed by atoms with Gasteiger partial charge in [-0.15, -0.1) is 0 Å². The van der Waals surface area contributed by atoms with Gasteiger partial charge in [0.1, 0.15) is 6.07 Å². The fourth-order valence-electron chi connectivity index (χ4n) is 3.66. The number of benzene rings is 2. The van der Waals surface area contributed by atoms with E-state index in [1.807, 2.05) is 24.3 Å². The number of pyridine rings is 1. The Morgan fingerprint density at radius 3 is 2.70 bits per heavy atom. The van der Waals surface area contributed by atoms with E-state index in [0.717, 1.165) is 32.8 Å². The van der Waals surface area contributed by atoms with Gasteiger partial charge in [-0.25, -0.2) is 4.98 Å². The minimum Gasteiger partial charge on any atom is -0.360 e. The van der Waals surface area contributed by atoms with E-state index in [1.165, 1.54) is 30.4 Å². The molecule has 168 valence electrons. The summed E-state index contributed by atoms with van der Waals surface area (Å²) in [7, 11) is 0. The molecular formula is C24H20F3N5S. The molecule has 0 saturated heterocycles. The van der Waals surface area contributed by atoms with Gasteiger partial charge in [-0.3, -0.25) is 4.98 Å². The normalized spacial score (nSPS) is 12.5. The summed E-state index contributed by atoms with van der Waals surface area (Å²) in [6.07, 6.45) is -0.455. The topological polar surface area (TPSA) is 87.6 Å². The Morgan fingerprint density at radius 1 is 1.15 bits per heavy atom. The van der Waals surface area contributed by atoms with E-state index in [1.54, 1.807) is 12.4 Å². The Morgan fingerprint density at radius 2 is 1.97 bits per heavy atom. The van der Waals surface area contributed by atoms with Crippen molar-refractivity contribution in [2.24, 2.45) is 5.73 Å². The predicted molar refractivity (Wildman–Crippen MR) is 124 cm³/mol. The van der Waals surface area contributed by atoms with E-state index in [9.17, 15) is 18.4 Å². The molecule has 33 heavy (non-hydrogen) atoms. The predicted octanol–water partition coefficient (Wildman–Crippen LogP) is 5.54. The lowest BCUT2D eigenvalue weighted by molar-refractivity contribution is -0.138. The lowest BCUT2D eigenvalue weighted by atomic mass is 10.0. The van der Waals surface area contributed by atoms with Crippen LogP contribution in [0, 0.1) is 18.3 Å². The first-order chi connectivity index (χ1) is 15.7. The van der Waals surface area contributed by atoms with Crippen molar-refractivity contribution in [1.29, 1.82) is 5.26 Å². The van der Waals surface area contributed by atoms with Gasteiger partial charge in [-0.1, -0.05) is 35.6 Å².